The monoisotopic (exact) mass is 298 g/mol. The van der Waals surface area contributed by atoms with Gasteiger partial charge in [-0.05, 0) is 18.4 Å². The molecule has 20 heavy (non-hydrogen) atoms. The summed E-state index contributed by atoms with van der Waals surface area (Å²) >= 11 is 0. The summed E-state index contributed by atoms with van der Waals surface area (Å²) in [5, 5.41) is 0. The molecule has 0 amide bonds. The highest BCUT2D eigenvalue weighted by atomic mass is 31.1. The lowest BCUT2D eigenvalue weighted by Crippen LogP contribution is -1.90. The fourth-order valence-corrected chi connectivity index (χ4v) is 1.94. The molecule has 0 aliphatic heterocycles. The van der Waals surface area contributed by atoms with Crippen molar-refractivity contribution in [1.29, 1.82) is 0 Å². The fraction of sp³-hybridized carbons (Fsp3) is 0.500. The van der Waals surface area contributed by atoms with E-state index in [9.17, 15) is 4.57 Å². The third-order valence-corrected chi connectivity index (χ3v) is 3.35. The first-order valence-corrected chi connectivity index (χ1v) is 8.44. The van der Waals surface area contributed by atoms with Crippen LogP contribution >= 0.6 is 8.25 Å². The van der Waals surface area contributed by atoms with Crippen LogP contribution in [0.3, 0.4) is 0 Å². The average molecular weight is 298 g/mol. The van der Waals surface area contributed by atoms with Crippen LogP contribution in [-0.2, 0) is 13.6 Å². The van der Waals surface area contributed by atoms with Crippen LogP contribution in [0.5, 0.6) is 0 Å². The molecule has 0 saturated heterocycles. The first-order chi connectivity index (χ1) is 9.74. The Morgan fingerprint density at radius 2 is 1.55 bits per heavy atom. The standard InChI is InChI=1S/C8H19O3P.C8H8/c1-3-5-7-10-12(9)11-8-6-4-2;1-2-8-6-4-3-5-7-8/h12H,3-8H2,1-2H3;2-7H,1H2. The molecule has 0 fully saturated rings. The van der Waals surface area contributed by atoms with Crippen LogP contribution in [0.15, 0.2) is 36.9 Å². The van der Waals surface area contributed by atoms with Crippen molar-refractivity contribution in [3.8, 4) is 0 Å². The molecule has 114 valence electrons. The van der Waals surface area contributed by atoms with E-state index >= 15 is 0 Å². The predicted octanol–water partition coefficient (Wildman–Crippen LogP) is 5.34. The SMILES string of the molecule is C=Cc1ccccc1.CCCCO[PH](=O)OCCCC. The first-order valence-electron chi connectivity index (χ1n) is 7.21. The van der Waals surface area contributed by atoms with Crippen molar-refractivity contribution >= 4 is 14.3 Å². The van der Waals surface area contributed by atoms with E-state index in [1.165, 1.54) is 5.56 Å². The summed E-state index contributed by atoms with van der Waals surface area (Å²) in [7, 11) is -2.18. The van der Waals surface area contributed by atoms with Crippen molar-refractivity contribution < 1.29 is 13.6 Å². The highest BCUT2D eigenvalue weighted by molar-refractivity contribution is 7.33. The van der Waals surface area contributed by atoms with Gasteiger partial charge in [0.15, 0.2) is 0 Å². The van der Waals surface area contributed by atoms with Crippen molar-refractivity contribution in [2.24, 2.45) is 0 Å². The number of hydrogen-bond donors (Lipinski definition) is 0. The third kappa shape index (κ3) is 12.2. The second-order valence-corrected chi connectivity index (χ2v) is 5.35. The van der Waals surface area contributed by atoms with Crippen LogP contribution in [-0.4, -0.2) is 13.2 Å². The zero-order chi connectivity index (χ0) is 15.1. The lowest BCUT2D eigenvalue weighted by Gasteiger charge is -2.03. The van der Waals surface area contributed by atoms with Crippen LogP contribution in [0.4, 0.5) is 0 Å². The summed E-state index contributed by atoms with van der Waals surface area (Å²) in [5.74, 6) is 0. The summed E-state index contributed by atoms with van der Waals surface area (Å²) in [6.45, 7) is 8.88. The molecule has 4 heteroatoms. The van der Waals surface area contributed by atoms with Crippen LogP contribution in [0.25, 0.3) is 6.08 Å². The van der Waals surface area contributed by atoms with Crippen molar-refractivity contribution in [2.75, 3.05) is 13.2 Å². The van der Waals surface area contributed by atoms with Crippen LogP contribution in [0, 0.1) is 0 Å². The summed E-state index contributed by atoms with van der Waals surface area (Å²) in [6, 6.07) is 10.0. The molecule has 0 bridgehead atoms. The fourth-order valence-electron chi connectivity index (χ4n) is 1.23. The van der Waals surface area contributed by atoms with Gasteiger partial charge in [0.1, 0.15) is 0 Å². The quantitative estimate of drug-likeness (QED) is 0.456. The maximum atomic E-state index is 10.9. The lowest BCUT2D eigenvalue weighted by atomic mass is 10.2. The van der Waals surface area contributed by atoms with E-state index in [2.05, 4.69) is 20.4 Å². The molecule has 0 spiro atoms. The molecule has 0 unspecified atom stereocenters. The Kier molecular flexibility index (Phi) is 13.9. The van der Waals surface area contributed by atoms with Gasteiger partial charge in [0.2, 0.25) is 0 Å². The molecule has 0 N–H and O–H groups in total. The van der Waals surface area contributed by atoms with E-state index in [-0.39, 0.29) is 0 Å². The molecule has 1 aromatic carbocycles. The van der Waals surface area contributed by atoms with Gasteiger partial charge in [-0.25, -0.2) is 0 Å². The van der Waals surface area contributed by atoms with Gasteiger partial charge in [0.05, 0.1) is 13.2 Å². The van der Waals surface area contributed by atoms with Gasteiger partial charge >= 0.3 is 8.25 Å². The highest BCUT2D eigenvalue weighted by Gasteiger charge is 1.97. The van der Waals surface area contributed by atoms with Crippen molar-refractivity contribution in [1.82, 2.24) is 0 Å². The molecule has 0 heterocycles. The Balaban J connectivity index is 0.000000388. The highest BCUT2D eigenvalue weighted by Crippen LogP contribution is 2.24. The Morgan fingerprint density at radius 1 is 1.05 bits per heavy atom. The van der Waals surface area contributed by atoms with E-state index in [0.717, 1.165) is 25.7 Å². The molecule has 1 aromatic rings. The Morgan fingerprint density at radius 3 is 1.90 bits per heavy atom. The summed E-state index contributed by atoms with van der Waals surface area (Å²) < 4.78 is 20.8. The van der Waals surface area contributed by atoms with Crippen LogP contribution in [0.2, 0.25) is 0 Å². The Bertz CT molecular complexity index is 340. The van der Waals surface area contributed by atoms with E-state index in [1.807, 2.05) is 36.4 Å². The minimum atomic E-state index is -2.18. The van der Waals surface area contributed by atoms with Crippen LogP contribution in [0.1, 0.15) is 45.1 Å². The predicted molar refractivity (Wildman–Crippen MR) is 87.3 cm³/mol. The lowest BCUT2D eigenvalue weighted by molar-refractivity contribution is 0.221. The normalized spacial score (nSPS) is 9.95. The molecule has 0 atom stereocenters. The summed E-state index contributed by atoms with van der Waals surface area (Å²) in [5.41, 5.74) is 1.17. The zero-order valence-electron chi connectivity index (χ0n) is 12.6. The zero-order valence-corrected chi connectivity index (χ0v) is 13.6. The number of unbranched alkanes of at least 4 members (excludes halogenated alkanes) is 2. The topological polar surface area (TPSA) is 35.5 Å². The van der Waals surface area contributed by atoms with Crippen LogP contribution < -0.4 is 0 Å². The second-order valence-electron chi connectivity index (χ2n) is 4.27. The number of benzene rings is 1. The van der Waals surface area contributed by atoms with Gasteiger partial charge in [-0.3, -0.25) is 4.57 Å². The second kappa shape index (κ2) is 14.5. The van der Waals surface area contributed by atoms with Crippen molar-refractivity contribution in [3.05, 3.63) is 42.5 Å². The van der Waals surface area contributed by atoms with Crippen molar-refractivity contribution in [2.45, 2.75) is 39.5 Å². The van der Waals surface area contributed by atoms with Gasteiger partial charge in [-0.1, -0.05) is 69.7 Å². The van der Waals surface area contributed by atoms with Gasteiger partial charge < -0.3 is 9.05 Å². The largest absolute Gasteiger partial charge is 0.319 e. The molecule has 3 nitrogen and oxygen atoms in total. The van der Waals surface area contributed by atoms with Gasteiger partial charge in [-0.15, -0.1) is 0 Å². The molecule has 0 aliphatic rings. The van der Waals surface area contributed by atoms with Crippen molar-refractivity contribution in [3.63, 3.8) is 0 Å². The first kappa shape index (κ1) is 19.1. The summed E-state index contributed by atoms with van der Waals surface area (Å²) in [4.78, 5) is 0. The average Bonchev–Trinajstić information content (AvgIpc) is 2.49. The minimum Gasteiger partial charge on any atom is -0.311 e. The van der Waals surface area contributed by atoms with E-state index in [1.54, 1.807) is 0 Å². The summed E-state index contributed by atoms with van der Waals surface area (Å²) in [6.07, 6.45) is 5.86. The maximum absolute atomic E-state index is 10.9. The smallest absolute Gasteiger partial charge is 0.311 e. The molecular weight excluding hydrogens is 271 g/mol. The van der Waals surface area contributed by atoms with Gasteiger partial charge in [0.25, 0.3) is 0 Å². The molecule has 1 rings (SSSR count). The molecule has 0 radical (unpaired) electrons. The van der Waals surface area contributed by atoms with Gasteiger partial charge in [-0.2, -0.15) is 0 Å². The Labute approximate surface area is 124 Å². The minimum absolute atomic E-state index is 0.556. The molecular formula is C16H27O3P. The van der Waals surface area contributed by atoms with E-state index < -0.39 is 8.25 Å². The van der Waals surface area contributed by atoms with Gasteiger partial charge in [0, 0.05) is 0 Å². The van der Waals surface area contributed by atoms with E-state index in [0.29, 0.717) is 13.2 Å². The number of hydrogen-bond acceptors (Lipinski definition) is 3. The molecule has 0 aromatic heterocycles. The number of rotatable bonds is 9. The molecule has 0 saturated carbocycles. The maximum Gasteiger partial charge on any atom is 0.319 e. The Hall–Kier alpha value is -0.890. The third-order valence-electron chi connectivity index (χ3n) is 2.47. The van der Waals surface area contributed by atoms with E-state index in [4.69, 9.17) is 9.05 Å². The molecule has 0 aliphatic carbocycles.